The number of halogens is 1. The highest BCUT2D eigenvalue weighted by Crippen LogP contribution is 2.31. The molecule has 0 aliphatic carbocycles. The maximum Gasteiger partial charge on any atom is 0.336 e. The molecule has 1 saturated heterocycles. The van der Waals surface area contributed by atoms with Crippen LogP contribution in [0.4, 0.5) is 0 Å². The summed E-state index contributed by atoms with van der Waals surface area (Å²) in [5, 5.41) is 0.495. The van der Waals surface area contributed by atoms with Gasteiger partial charge in [0.05, 0.1) is 5.57 Å². The monoisotopic (exact) mass is 186 g/mol. The molecule has 0 N–H and O–H groups in total. The minimum Gasteiger partial charge on any atom is -0.458 e. The Morgan fingerprint density at radius 1 is 1.75 bits per heavy atom. The van der Waals surface area contributed by atoms with Crippen LogP contribution in [-0.2, 0) is 9.53 Å². The summed E-state index contributed by atoms with van der Waals surface area (Å²) in [6.45, 7) is 7.15. The predicted octanol–water partition coefficient (Wildman–Crippen LogP) is 2.25. The molecular formula is C9H11ClO2. The Morgan fingerprint density at radius 3 is 2.67 bits per heavy atom. The van der Waals surface area contributed by atoms with E-state index in [1.807, 2.05) is 6.92 Å². The van der Waals surface area contributed by atoms with E-state index in [1.54, 1.807) is 13.0 Å². The largest absolute Gasteiger partial charge is 0.458 e. The Balaban J connectivity index is 3.06. The van der Waals surface area contributed by atoms with Crippen LogP contribution in [-0.4, -0.2) is 12.1 Å². The highest BCUT2D eigenvalue weighted by Gasteiger charge is 2.36. The highest BCUT2D eigenvalue weighted by molar-refractivity contribution is 6.31. The normalized spacial score (nSPS) is 33.1. The molecule has 12 heavy (non-hydrogen) atoms. The van der Waals surface area contributed by atoms with E-state index in [2.05, 4.69) is 6.58 Å². The molecule has 1 aliphatic rings. The van der Waals surface area contributed by atoms with Crippen LogP contribution in [0.15, 0.2) is 23.3 Å². The van der Waals surface area contributed by atoms with Crippen molar-refractivity contribution in [1.29, 1.82) is 0 Å². The first-order valence-corrected chi connectivity index (χ1v) is 4.15. The third kappa shape index (κ3) is 1.39. The van der Waals surface area contributed by atoms with Crippen molar-refractivity contribution in [3.63, 3.8) is 0 Å². The number of cyclic esters (lactones) is 1. The van der Waals surface area contributed by atoms with Crippen LogP contribution in [0.25, 0.3) is 0 Å². The molecule has 1 aliphatic heterocycles. The summed E-state index contributed by atoms with van der Waals surface area (Å²) < 4.78 is 4.99. The van der Waals surface area contributed by atoms with E-state index in [4.69, 9.17) is 16.3 Å². The van der Waals surface area contributed by atoms with Gasteiger partial charge in [0.2, 0.25) is 0 Å². The second kappa shape index (κ2) is 3.31. The van der Waals surface area contributed by atoms with Gasteiger partial charge in [-0.3, -0.25) is 0 Å². The molecule has 1 heterocycles. The number of rotatable bonds is 1. The fourth-order valence-electron chi connectivity index (χ4n) is 1.36. The van der Waals surface area contributed by atoms with Gasteiger partial charge < -0.3 is 4.74 Å². The van der Waals surface area contributed by atoms with Crippen LogP contribution in [0.5, 0.6) is 0 Å². The van der Waals surface area contributed by atoms with Crippen LogP contribution in [0.1, 0.15) is 13.8 Å². The molecule has 0 amide bonds. The predicted molar refractivity (Wildman–Crippen MR) is 47.8 cm³/mol. The molecule has 1 rings (SSSR count). The minimum absolute atomic E-state index is 0.0602. The Hall–Kier alpha value is -0.760. The Kier molecular flexibility index (Phi) is 2.58. The van der Waals surface area contributed by atoms with E-state index < -0.39 is 0 Å². The molecule has 66 valence electrons. The molecular weight excluding hydrogens is 176 g/mol. The van der Waals surface area contributed by atoms with Gasteiger partial charge in [-0.15, -0.1) is 6.58 Å². The zero-order valence-corrected chi connectivity index (χ0v) is 7.89. The summed E-state index contributed by atoms with van der Waals surface area (Å²) in [5.74, 6) is -0.380. The average molecular weight is 187 g/mol. The summed E-state index contributed by atoms with van der Waals surface area (Å²) in [7, 11) is 0. The number of carbonyl (C=O) groups excluding carboxylic acids is 1. The number of carbonyl (C=O) groups is 1. The molecule has 0 spiro atoms. The second-order valence-electron chi connectivity index (χ2n) is 2.82. The number of allylic oxidation sites excluding steroid dienone is 1. The van der Waals surface area contributed by atoms with Crippen molar-refractivity contribution in [3.8, 4) is 0 Å². The fraction of sp³-hybridized carbons (Fsp3) is 0.444. The first-order valence-electron chi connectivity index (χ1n) is 3.77. The third-order valence-corrected chi connectivity index (χ3v) is 2.18. The van der Waals surface area contributed by atoms with Crippen molar-refractivity contribution in [2.45, 2.75) is 20.0 Å². The summed E-state index contributed by atoms with van der Waals surface area (Å²) in [5.41, 5.74) is 0.541. The standard InChI is InChI=1S/C9H11ClO2/c1-4-7-6(3)12-9(11)8(7)5(2)10/h4,6-7H,1H2,2-3H3/b8-5-/t6-,7+/m0/s1. The van der Waals surface area contributed by atoms with Gasteiger partial charge in [-0.25, -0.2) is 4.79 Å². The first-order chi connectivity index (χ1) is 5.57. The number of hydrogen-bond acceptors (Lipinski definition) is 2. The van der Waals surface area contributed by atoms with Crippen molar-refractivity contribution in [1.82, 2.24) is 0 Å². The zero-order valence-electron chi connectivity index (χ0n) is 7.13. The molecule has 0 aromatic heterocycles. The number of hydrogen-bond donors (Lipinski definition) is 0. The lowest BCUT2D eigenvalue weighted by Crippen LogP contribution is -2.09. The molecule has 0 aromatic rings. The van der Waals surface area contributed by atoms with E-state index in [-0.39, 0.29) is 18.0 Å². The maximum absolute atomic E-state index is 11.2. The summed E-state index contributed by atoms with van der Waals surface area (Å²) in [4.78, 5) is 11.2. The van der Waals surface area contributed by atoms with Gasteiger partial charge in [-0.2, -0.15) is 0 Å². The lowest BCUT2D eigenvalue weighted by molar-refractivity contribution is -0.138. The van der Waals surface area contributed by atoms with Crippen LogP contribution >= 0.6 is 11.6 Å². The van der Waals surface area contributed by atoms with Gasteiger partial charge in [0.15, 0.2) is 0 Å². The molecule has 0 aromatic carbocycles. The molecule has 0 unspecified atom stereocenters. The topological polar surface area (TPSA) is 26.3 Å². The molecule has 0 saturated carbocycles. The molecule has 3 heteroatoms. The average Bonchev–Trinajstić information content (AvgIpc) is 2.24. The van der Waals surface area contributed by atoms with E-state index >= 15 is 0 Å². The van der Waals surface area contributed by atoms with Crippen LogP contribution in [0, 0.1) is 5.92 Å². The molecule has 2 atom stereocenters. The fourth-order valence-corrected chi connectivity index (χ4v) is 1.56. The van der Waals surface area contributed by atoms with E-state index in [1.165, 1.54) is 0 Å². The van der Waals surface area contributed by atoms with Gasteiger partial charge in [-0.1, -0.05) is 17.7 Å². The maximum atomic E-state index is 11.2. The van der Waals surface area contributed by atoms with Gasteiger partial charge in [0.25, 0.3) is 0 Å². The van der Waals surface area contributed by atoms with Crippen LogP contribution in [0.2, 0.25) is 0 Å². The Labute approximate surface area is 76.9 Å². The summed E-state index contributed by atoms with van der Waals surface area (Å²) in [6, 6.07) is 0. The molecule has 1 fully saturated rings. The lowest BCUT2D eigenvalue weighted by Gasteiger charge is -2.07. The smallest absolute Gasteiger partial charge is 0.336 e. The van der Waals surface area contributed by atoms with Crippen molar-refractivity contribution in [2.75, 3.05) is 0 Å². The van der Waals surface area contributed by atoms with Crippen molar-refractivity contribution in [2.24, 2.45) is 5.92 Å². The Bertz CT molecular complexity index is 251. The molecule has 0 radical (unpaired) electrons. The summed E-state index contributed by atoms with van der Waals surface area (Å²) >= 11 is 5.75. The minimum atomic E-state index is -0.320. The van der Waals surface area contributed by atoms with Crippen molar-refractivity contribution < 1.29 is 9.53 Å². The van der Waals surface area contributed by atoms with E-state index in [0.717, 1.165) is 0 Å². The summed E-state index contributed by atoms with van der Waals surface area (Å²) in [6.07, 6.45) is 1.55. The van der Waals surface area contributed by atoms with Gasteiger partial charge in [-0.05, 0) is 13.8 Å². The van der Waals surface area contributed by atoms with Crippen LogP contribution in [0.3, 0.4) is 0 Å². The van der Waals surface area contributed by atoms with Crippen molar-refractivity contribution >= 4 is 17.6 Å². The van der Waals surface area contributed by atoms with Crippen LogP contribution < -0.4 is 0 Å². The zero-order chi connectivity index (χ0) is 9.30. The molecule has 2 nitrogen and oxygen atoms in total. The van der Waals surface area contributed by atoms with Gasteiger partial charge >= 0.3 is 5.97 Å². The highest BCUT2D eigenvalue weighted by atomic mass is 35.5. The van der Waals surface area contributed by atoms with Crippen molar-refractivity contribution in [3.05, 3.63) is 23.3 Å². The first kappa shape index (κ1) is 9.33. The van der Waals surface area contributed by atoms with Gasteiger partial charge in [0, 0.05) is 11.0 Å². The Morgan fingerprint density at radius 2 is 2.33 bits per heavy atom. The number of ether oxygens (including phenoxy) is 1. The SMILES string of the molecule is C=C[C@H]1/C(=C(\C)Cl)C(=O)O[C@H]1C. The second-order valence-corrected chi connectivity index (χ2v) is 3.39. The van der Waals surface area contributed by atoms with Gasteiger partial charge in [0.1, 0.15) is 6.10 Å². The quantitative estimate of drug-likeness (QED) is 0.357. The van der Waals surface area contributed by atoms with E-state index in [0.29, 0.717) is 10.6 Å². The molecule has 0 bridgehead atoms. The third-order valence-electron chi connectivity index (χ3n) is 1.98. The lowest BCUT2D eigenvalue weighted by atomic mass is 9.97. The number of esters is 1. The van der Waals surface area contributed by atoms with E-state index in [9.17, 15) is 4.79 Å².